The average Bonchev–Trinajstić information content (AvgIpc) is 2.71. The highest BCUT2D eigenvalue weighted by Gasteiger charge is 2.29. The first kappa shape index (κ1) is 23.1. The van der Waals surface area contributed by atoms with Crippen LogP contribution in [0.1, 0.15) is 12.5 Å². The summed E-state index contributed by atoms with van der Waals surface area (Å²) in [5.74, 6) is -0.962. The Bertz CT molecular complexity index is 1040. The number of hydrogen-bond acceptors (Lipinski definition) is 7. The van der Waals surface area contributed by atoms with Crippen LogP contribution in [-0.4, -0.2) is 41.4 Å². The van der Waals surface area contributed by atoms with E-state index >= 15 is 0 Å². The van der Waals surface area contributed by atoms with Crippen molar-refractivity contribution in [3.05, 3.63) is 69.2 Å². The maximum Gasteiger partial charge on any atom is 0.332 e. The van der Waals surface area contributed by atoms with E-state index in [1.165, 1.54) is 60.9 Å². The summed E-state index contributed by atoms with van der Waals surface area (Å²) in [6.07, 6.45) is 0. The highest BCUT2D eigenvalue weighted by molar-refractivity contribution is 7.90. The van der Waals surface area contributed by atoms with Gasteiger partial charge in [0.15, 0.2) is 0 Å². The Labute approximate surface area is 176 Å². The molecule has 0 saturated heterocycles. The summed E-state index contributed by atoms with van der Waals surface area (Å²) in [4.78, 5) is 35.3. The molecule has 2 rings (SSSR count). The van der Waals surface area contributed by atoms with Crippen molar-refractivity contribution in [2.75, 3.05) is 0 Å². The number of carbonyl (C=O) groups is 2. The minimum atomic E-state index is -4.28. The fourth-order valence-corrected chi connectivity index (χ4v) is 3.47. The molecule has 0 aliphatic carbocycles. The van der Waals surface area contributed by atoms with Crippen molar-refractivity contribution in [2.45, 2.75) is 24.4 Å². The Morgan fingerprint density at radius 2 is 1.73 bits per heavy atom. The molecule has 160 valence electrons. The third-order valence-electron chi connectivity index (χ3n) is 4.06. The highest BCUT2D eigenvalue weighted by atomic mass is 35.5. The largest absolute Gasteiger partial charge is 0.332 e. The lowest BCUT2D eigenvalue weighted by Gasteiger charge is -2.27. The standard InChI is InChI=1S/C17H17ClN4O7S/c1-11(16(23)19-25)21(10-12-2-6-14(7-3-12)22(26)27)17(24)20-30(28,29)15-8-4-13(18)5-9-15/h2-9,11,25H,10H2,1H3,(H,19,23)(H,20,24). The van der Waals surface area contributed by atoms with E-state index in [4.69, 9.17) is 16.8 Å². The van der Waals surface area contributed by atoms with Gasteiger partial charge in [-0.25, -0.2) is 23.4 Å². The molecule has 0 fully saturated rings. The molecule has 13 heteroatoms. The van der Waals surface area contributed by atoms with Crippen LogP contribution in [0, 0.1) is 10.1 Å². The maximum absolute atomic E-state index is 12.7. The van der Waals surface area contributed by atoms with Crippen molar-refractivity contribution in [1.82, 2.24) is 15.1 Å². The fourth-order valence-electron chi connectivity index (χ4n) is 2.39. The quantitative estimate of drug-likeness (QED) is 0.326. The minimum Gasteiger partial charge on any atom is -0.308 e. The van der Waals surface area contributed by atoms with Crippen LogP contribution in [0.2, 0.25) is 5.02 Å². The zero-order valence-corrected chi connectivity index (χ0v) is 17.1. The van der Waals surface area contributed by atoms with E-state index in [1.807, 2.05) is 4.72 Å². The van der Waals surface area contributed by atoms with Crippen LogP contribution in [0.25, 0.3) is 0 Å². The van der Waals surface area contributed by atoms with E-state index in [-0.39, 0.29) is 17.1 Å². The van der Waals surface area contributed by atoms with Gasteiger partial charge in [0.25, 0.3) is 21.6 Å². The Morgan fingerprint density at radius 1 is 1.17 bits per heavy atom. The second kappa shape index (κ2) is 9.52. The fraction of sp³-hybridized carbons (Fsp3) is 0.176. The molecule has 0 heterocycles. The number of rotatable bonds is 7. The predicted molar refractivity (Wildman–Crippen MR) is 105 cm³/mol. The Morgan fingerprint density at radius 3 is 2.23 bits per heavy atom. The smallest absolute Gasteiger partial charge is 0.308 e. The van der Waals surface area contributed by atoms with Gasteiger partial charge >= 0.3 is 6.03 Å². The lowest BCUT2D eigenvalue weighted by atomic mass is 10.1. The van der Waals surface area contributed by atoms with Crippen molar-refractivity contribution < 1.29 is 28.1 Å². The lowest BCUT2D eigenvalue weighted by molar-refractivity contribution is -0.384. The van der Waals surface area contributed by atoms with Crippen LogP contribution < -0.4 is 10.2 Å². The summed E-state index contributed by atoms with van der Waals surface area (Å²) in [5.41, 5.74) is 1.60. The molecule has 2 aromatic rings. The first-order valence-corrected chi connectivity index (χ1v) is 10.2. The molecular formula is C17H17ClN4O7S. The number of nitro groups is 1. The molecule has 0 bridgehead atoms. The van der Waals surface area contributed by atoms with Crippen LogP contribution >= 0.6 is 11.6 Å². The summed E-state index contributed by atoms with van der Waals surface area (Å²) >= 11 is 5.73. The number of carbonyl (C=O) groups excluding carboxylic acids is 2. The number of urea groups is 1. The van der Waals surface area contributed by atoms with Crippen molar-refractivity contribution in [2.24, 2.45) is 0 Å². The first-order valence-electron chi connectivity index (χ1n) is 8.31. The van der Waals surface area contributed by atoms with Crippen LogP contribution in [0.3, 0.4) is 0 Å². The van der Waals surface area contributed by atoms with Crippen LogP contribution in [0.15, 0.2) is 53.4 Å². The molecule has 0 radical (unpaired) electrons. The van der Waals surface area contributed by atoms with Crippen LogP contribution in [0.5, 0.6) is 0 Å². The normalized spacial score (nSPS) is 12.0. The van der Waals surface area contributed by atoms with E-state index in [0.29, 0.717) is 10.6 Å². The number of nitrogens with zero attached hydrogens (tertiary/aromatic N) is 2. The molecule has 3 amide bonds. The van der Waals surface area contributed by atoms with Gasteiger partial charge in [0.1, 0.15) is 6.04 Å². The van der Waals surface area contributed by atoms with Crippen LogP contribution in [-0.2, 0) is 21.4 Å². The second-order valence-corrected chi connectivity index (χ2v) is 8.19. The number of hydrogen-bond donors (Lipinski definition) is 3. The first-order chi connectivity index (χ1) is 14.0. The zero-order valence-electron chi connectivity index (χ0n) is 15.5. The van der Waals surface area contributed by atoms with Crippen LogP contribution in [0.4, 0.5) is 10.5 Å². The summed E-state index contributed by atoms with van der Waals surface area (Å²) in [6.45, 7) is 1.000. The van der Waals surface area contributed by atoms with Gasteiger partial charge in [-0.3, -0.25) is 20.1 Å². The molecule has 0 aliphatic heterocycles. The summed E-state index contributed by atoms with van der Waals surface area (Å²) in [5, 5.41) is 19.9. The number of nitrogens with one attached hydrogen (secondary N) is 2. The zero-order chi connectivity index (χ0) is 22.5. The molecule has 0 spiro atoms. The molecular weight excluding hydrogens is 440 g/mol. The maximum atomic E-state index is 12.7. The third kappa shape index (κ3) is 5.65. The monoisotopic (exact) mass is 456 g/mol. The van der Waals surface area contributed by atoms with Crippen molar-refractivity contribution in [3.63, 3.8) is 0 Å². The van der Waals surface area contributed by atoms with Gasteiger partial charge in [0.2, 0.25) is 0 Å². The Balaban J connectivity index is 2.29. The molecule has 1 unspecified atom stereocenters. The SMILES string of the molecule is CC(C(=O)NO)N(Cc1ccc([N+](=O)[O-])cc1)C(=O)NS(=O)(=O)c1ccc(Cl)cc1. The van der Waals surface area contributed by atoms with Crippen molar-refractivity contribution >= 4 is 39.2 Å². The Hall–Kier alpha value is -3.22. The number of amides is 3. The van der Waals surface area contributed by atoms with Gasteiger partial charge in [0.05, 0.1) is 9.82 Å². The second-order valence-electron chi connectivity index (χ2n) is 6.07. The number of halogens is 1. The van der Waals surface area contributed by atoms with Gasteiger partial charge in [-0.2, -0.15) is 0 Å². The summed E-state index contributed by atoms with van der Waals surface area (Å²) in [6, 6.07) is 7.76. The molecule has 0 aromatic heterocycles. The highest BCUT2D eigenvalue weighted by Crippen LogP contribution is 2.17. The lowest BCUT2D eigenvalue weighted by Crippen LogP contribution is -2.51. The summed E-state index contributed by atoms with van der Waals surface area (Å²) in [7, 11) is -4.28. The number of non-ortho nitro benzene ring substituents is 1. The van der Waals surface area contributed by atoms with Gasteiger partial charge in [-0.05, 0) is 36.8 Å². The average molecular weight is 457 g/mol. The molecule has 2 aromatic carbocycles. The molecule has 0 saturated carbocycles. The Kier molecular flexibility index (Phi) is 7.32. The number of nitro benzene ring substituents is 1. The van der Waals surface area contributed by atoms with Gasteiger partial charge in [0, 0.05) is 23.7 Å². The molecule has 0 aliphatic rings. The van der Waals surface area contributed by atoms with E-state index in [2.05, 4.69) is 0 Å². The van der Waals surface area contributed by atoms with Gasteiger partial charge < -0.3 is 4.90 Å². The molecule has 3 N–H and O–H groups in total. The number of sulfonamides is 1. The van der Waals surface area contributed by atoms with E-state index in [9.17, 15) is 28.1 Å². The van der Waals surface area contributed by atoms with E-state index < -0.39 is 32.9 Å². The van der Waals surface area contributed by atoms with E-state index in [0.717, 1.165) is 4.90 Å². The van der Waals surface area contributed by atoms with Crippen molar-refractivity contribution in [1.29, 1.82) is 0 Å². The molecule has 11 nitrogen and oxygen atoms in total. The predicted octanol–water partition coefficient (Wildman–Crippen LogP) is 2.04. The van der Waals surface area contributed by atoms with Crippen molar-refractivity contribution in [3.8, 4) is 0 Å². The molecule has 1 atom stereocenters. The number of benzene rings is 2. The topological polar surface area (TPSA) is 159 Å². The molecule has 30 heavy (non-hydrogen) atoms. The van der Waals surface area contributed by atoms with Gasteiger partial charge in [-0.1, -0.05) is 23.7 Å². The third-order valence-corrected chi connectivity index (χ3v) is 5.65. The summed E-state index contributed by atoms with van der Waals surface area (Å²) < 4.78 is 26.8. The van der Waals surface area contributed by atoms with E-state index in [1.54, 1.807) is 0 Å². The van der Waals surface area contributed by atoms with Gasteiger partial charge in [-0.15, -0.1) is 0 Å². The number of hydroxylamine groups is 1. The minimum absolute atomic E-state index is 0.179.